The van der Waals surface area contributed by atoms with Crippen molar-refractivity contribution in [3.05, 3.63) is 35.9 Å². The first-order valence-corrected chi connectivity index (χ1v) is 6.89. The number of nitrogens with zero attached hydrogens (tertiary/aromatic N) is 1. The van der Waals surface area contributed by atoms with Crippen LogP contribution in [0.4, 0.5) is 0 Å². The van der Waals surface area contributed by atoms with Gasteiger partial charge in [-0.25, -0.2) is 0 Å². The number of benzene rings is 1. The average Bonchev–Trinajstić information content (AvgIpc) is 2.35. The van der Waals surface area contributed by atoms with Gasteiger partial charge < -0.3 is 9.94 Å². The number of aliphatic hydroxyl groups is 1. The van der Waals surface area contributed by atoms with Gasteiger partial charge in [0.2, 0.25) is 0 Å². The van der Waals surface area contributed by atoms with E-state index in [0.29, 0.717) is 0 Å². The molecule has 0 saturated heterocycles. The molecule has 0 radical (unpaired) electrons. The second kappa shape index (κ2) is 7.95. The first kappa shape index (κ1) is 15.7. The predicted octanol–water partition coefficient (Wildman–Crippen LogP) is 3.56. The molecule has 0 heterocycles. The molecular weight excluding hydrogens is 238 g/mol. The highest BCUT2D eigenvalue weighted by molar-refractivity contribution is 5.78. The topological polar surface area (TPSA) is 41.8 Å². The van der Waals surface area contributed by atoms with Crippen LogP contribution in [0.15, 0.2) is 35.5 Å². The number of aryl methyl sites for hydroxylation is 1. The van der Waals surface area contributed by atoms with Crippen molar-refractivity contribution in [2.24, 2.45) is 5.16 Å². The molecule has 0 aliphatic rings. The molecule has 0 spiro atoms. The van der Waals surface area contributed by atoms with Gasteiger partial charge in [0.25, 0.3) is 0 Å². The Labute approximate surface area is 116 Å². The van der Waals surface area contributed by atoms with Crippen LogP contribution in [-0.2, 0) is 11.3 Å². The zero-order valence-electron chi connectivity index (χ0n) is 12.2. The summed E-state index contributed by atoms with van der Waals surface area (Å²) in [5, 5.41) is 14.0. The van der Waals surface area contributed by atoms with Crippen LogP contribution >= 0.6 is 0 Å². The first-order valence-electron chi connectivity index (χ1n) is 6.89. The Kier molecular flexibility index (Phi) is 6.57. The molecule has 1 N–H and O–H groups in total. The van der Waals surface area contributed by atoms with Crippen LogP contribution in [0.5, 0.6) is 0 Å². The first-order chi connectivity index (χ1) is 8.99. The van der Waals surface area contributed by atoms with E-state index < -0.39 is 5.60 Å². The number of unbranched alkanes of at least 4 members (excludes halogenated alkanes) is 1. The van der Waals surface area contributed by atoms with E-state index in [1.54, 1.807) is 6.92 Å². The van der Waals surface area contributed by atoms with Crippen molar-refractivity contribution in [3.63, 3.8) is 0 Å². The fourth-order valence-corrected chi connectivity index (χ4v) is 1.85. The van der Waals surface area contributed by atoms with Gasteiger partial charge in [0.05, 0.1) is 11.3 Å². The second-order valence-corrected chi connectivity index (χ2v) is 5.50. The minimum absolute atomic E-state index is 0.253. The summed E-state index contributed by atoms with van der Waals surface area (Å²) < 4.78 is 0. The quantitative estimate of drug-likeness (QED) is 0.442. The Balaban J connectivity index is 2.18. The molecule has 3 heteroatoms. The molecule has 0 unspecified atom stereocenters. The Bertz CT molecular complexity index is 381. The zero-order valence-corrected chi connectivity index (χ0v) is 12.2. The largest absolute Gasteiger partial charge is 0.393 e. The van der Waals surface area contributed by atoms with Crippen molar-refractivity contribution in [2.75, 3.05) is 6.61 Å². The normalized spacial score (nSPS) is 13.7. The van der Waals surface area contributed by atoms with Crippen molar-refractivity contribution in [1.82, 2.24) is 0 Å². The van der Waals surface area contributed by atoms with Crippen molar-refractivity contribution in [3.8, 4) is 0 Å². The van der Waals surface area contributed by atoms with Crippen LogP contribution < -0.4 is 0 Å². The summed E-state index contributed by atoms with van der Waals surface area (Å²) in [6.45, 7) is 5.79. The molecular formula is C16H25NO2. The monoisotopic (exact) mass is 263 g/mol. The zero-order chi connectivity index (χ0) is 14.1. The number of rotatable bonds is 8. The number of oxime groups is 1. The van der Waals surface area contributed by atoms with Gasteiger partial charge in [0.1, 0.15) is 6.61 Å². The predicted molar refractivity (Wildman–Crippen MR) is 79.4 cm³/mol. The molecule has 0 bridgehead atoms. The molecule has 0 amide bonds. The highest BCUT2D eigenvalue weighted by atomic mass is 16.6. The van der Waals surface area contributed by atoms with E-state index in [1.807, 2.05) is 19.9 Å². The molecule has 1 aromatic carbocycles. The maximum Gasteiger partial charge on any atom is 0.145 e. The van der Waals surface area contributed by atoms with Gasteiger partial charge in [-0.1, -0.05) is 41.9 Å². The van der Waals surface area contributed by atoms with Crippen LogP contribution in [0.3, 0.4) is 0 Å². The molecule has 0 aliphatic carbocycles. The van der Waals surface area contributed by atoms with Crippen LogP contribution in [0, 0.1) is 0 Å². The lowest BCUT2D eigenvalue weighted by molar-refractivity contribution is -0.0388. The maximum absolute atomic E-state index is 10.1. The van der Waals surface area contributed by atoms with Crippen molar-refractivity contribution in [2.45, 2.75) is 52.1 Å². The third-order valence-electron chi connectivity index (χ3n) is 2.90. The van der Waals surface area contributed by atoms with Gasteiger partial charge in [-0.15, -0.1) is 0 Å². The highest BCUT2D eigenvalue weighted by Crippen LogP contribution is 2.16. The summed E-state index contributed by atoms with van der Waals surface area (Å²) in [6.07, 6.45) is 3.86. The van der Waals surface area contributed by atoms with Gasteiger partial charge >= 0.3 is 0 Å². The highest BCUT2D eigenvalue weighted by Gasteiger charge is 2.20. The Morgan fingerprint density at radius 1 is 1.21 bits per heavy atom. The lowest BCUT2D eigenvalue weighted by atomic mass is 9.98. The molecule has 0 aliphatic heterocycles. The number of hydrogen-bond donors (Lipinski definition) is 1. The fraction of sp³-hybridized carbons (Fsp3) is 0.562. The summed E-state index contributed by atoms with van der Waals surface area (Å²) in [5.41, 5.74) is 1.42. The van der Waals surface area contributed by atoms with Crippen LogP contribution in [0.1, 0.15) is 45.6 Å². The van der Waals surface area contributed by atoms with Gasteiger partial charge in [-0.2, -0.15) is 0 Å². The Morgan fingerprint density at radius 3 is 2.53 bits per heavy atom. The van der Waals surface area contributed by atoms with E-state index in [2.05, 4.69) is 29.4 Å². The molecule has 1 atom stereocenters. The van der Waals surface area contributed by atoms with Crippen LogP contribution in [0.25, 0.3) is 0 Å². The van der Waals surface area contributed by atoms with Gasteiger partial charge in [-0.3, -0.25) is 0 Å². The average molecular weight is 263 g/mol. The summed E-state index contributed by atoms with van der Waals surface area (Å²) >= 11 is 0. The van der Waals surface area contributed by atoms with E-state index in [-0.39, 0.29) is 6.61 Å². The number of hydrogen-bond acceptors (Lipinski definition) is 3. The molecule has 0 fully saturated rings. The lowest BCUT2D eigenvalue weighted by Gasteiger charge is -2.21. The maximum atomic E-state index is 10.1. The Morgan fingerprint density at radius 2 is 1.89 bits per heavy atom. The van der Waals surface area contributed by atoms with E-state index in [0.717, 1.165) is 31.4 Å². The van der Waals surface area contributed by atoms with Gasteiger partial charge in [0, 0.05) is 0 Å². The van der Waals surface area contributed by atoms with Crippen LogP contribution in [-0.4, -0.2) is 23.0 Å². The van der Waals surface area contributed by atoms with Gasteiger partial charge in [-0.05, 0) is 45.6 Å². The minimum Gasteiger partial charge on any atom is -0.393 e. The van der Waals surface area contributed by atoms with E-state index in [4.69, 9.17) is 4.84 Å². The van der Waals surface area contributed by atoms with E-state index >= 15 is 0 Å². The molecule has 106 valence electrons. The van der Waals surface area contributed by atoms with Crippen molar-refractivity contribution >= 4 is 5.71 Å². The molecule has 0 aromatic heterocycles. The summed E-state index contributed by atoms with van der Waals surface area (Å²) in [6, 6.07) is 10.4. The SMILES string of the molecule is CC(C)=NOC[C@@](C)(O)CCCCc1ccccc1. The van der Waals surface area contributed by atoms with Gasteiger partial charge in [0.15, 0.2) is 0 Å². The summed E-state index contributed by atoms with van der Waals surface area (Å²) in [5.74, 6) is 0. The lowest BCUT2D eigenvalue weighted by Crippen LogP contribution is -2.29. The van der Waals surface area contributed by atoms with Crippen molar-refractivity contribution in [1.29, 1.82) is 0 Å². The van der Waals surface area contributed by atoms with Crippen LogP contribution in [0.2, 0.25) is 0 Å². The Hall–Kier alpha value is -1.35. The molecule has 0 saturated carbocycles. The molecule has 1 aromatic rings. The third-order valence-corrected chi connectivity index (χ3v) is 2.90. The smallest absolute Gasteiger partial charge is 0.145 e. The third kappa shape index (κ3) is 7.62. The van der Waals surface area contributed by atoms with E-state index in [1.165, 1.54) is 5.56 Å². The standard InChI is InChI=1S/C16H25NO2/c1-14(2)17-19-13-16(3,18)12-8-7-11-15-9-5-4-6-10-15/h4-6,9-10,18H,7-8,11-13H2,1-3H3/t16-/m0/s1. The summed E-state index contributed by atoms with van der Waals surface area (Å²) in [7, 11) is 0. The van der Waals surface area contributed by atoms with E-state index in [9.17, 15) is 5.11 Å². The second-order valence-electron chi connectivity index (χ2n) is 5.50. The minimum atomic E-state index is -0.796. The molecule has 1 rings (SSSR count). The van der Waals surface area contributed by atoms with Crippen molar-refractivity contribution < 1.29 is 9.94 Å². The summed E-state index contributed by atoms with van der Waals surface area (Å²) in [4.78, 5) is 5.11. The molecule has 3 nitrogen and oxygen atoms in total. The molecule has 19 heavy (non-hydrogen) atoms. The fourth-order valence-electron chi connectivity index (χ4n) is 1.85.